The van der Waals surface area contributed by atoms with Crippen LogP contribution in [0.15, 0.2) is 53.7 Å². The molecule has 0 fully saturated rings. The summed E-state index contributed by atoms with van der Waals surface area (Å²) >= 11 is 7.30. The predicted octanol–water partition coefficient (Wildman–Crippen LogP) is 4.28. The molecular formula is C20H21ClN4O2S. The number of anilines is 1. The number of ether oxygens (including phenoxy) is 1. The SMILES string of the molecule is CCn1c(Cc2ccc(Cl)cc2)nnc1SCC(=O)Nc1ccccc1OC. The first-order valence-corrected chi connectivity index (χ1v) is 10.2. The fourth-order valence-electron chi connectivity index (χ4n) is 2.72. The van der Waals surface area contributed by atoms with Crippen LogP contribution in [0.4, 0.5) is 5.69 Å². The average Bonchev–Trinajstić information content (AvgIpc) is 3.10. The molecule has 1 aromatic heterocycles. The Balaban J connectivity index is 1.63. The molecule has 0 atom stereocenters. The number of hydrogen-bond acceptors (Lipinski definition) is 5. The molecule has 0 bridgehead atoms. The Morgan fingerprint density at radius 2 is 1.93 bits per heavy atom. The summed E-state index contributed by atoms with van der Waals surface area (Å²) in [5.41, 5.74) is 1.76. The van der Waals surface area contributed by atoms with Crippen molar-refractivity contribution < 1.29 is 9.53 Å². The summed E-state index contributed by atoms with van der Waals surface area (Å²) in [7, 11) is 1.58. The van der Waals surface area contributed by atoms with Crippen molar-refractivity contribution in [2.45, 2.75) is 25.0 Å². The van der Waals surface area contributed by atoms with Crippen LogP contribution in [-0.2, 0) is 17.8 Å². The maximum Gasteiger partial charge on any atom is 0.234 e. The van der Waals surface area contributed by atoms with Gasteiger partial charge in [-0.05, 0) is 36.8 Å². The highest BCUT2D eigenvalue weighted by Crippen LogP contribution is 2.24. The fourth-order valence-corrected chi connectivity index (χ4v) is 3.67. The number of aromatic nitrogens is 3. The third-order valence-corrected chi connectivity index (χ3v) is 5.32. The zero-order valence-electron chi connectivity index (χ0n) is 15.7. The van der Waals surface area contributed by atoms with E-state index in [0.29, 0.717) is 22.9 Å². The minimum Gasteiger partial charge on any atom is -0.495 e. The molecule has 8 heteroatoms. The molecule has 0 saturated carbocycles. The minimum atomic E-state index is -0.126. The lowest BCUT2D eigenvalue weighted by Gasteiger charge is -2.10. The van der Waals surface area contributed by atoms with Gasteiger partial charge >= 0.3 is 0 Å². The number of methoxy groups -OCH3 is 1. The highest BCUT2D eigenvalue weighted by atomic mass is 35.5. The first-order valence-electron chi connectivity index (χ1n) is 8.83. The van der Waals surface area contributed by atoms with Gasteiger partial charge in [-0.25, -0.2) is 0 Å². The van der Waals surface area contributed by atoms with E-state index >= 15 is 0 Å². The van der Waals surface area contributed by atoms with Gasteiger partial charge in [0.2, 0.25) is 5.91 Å². The molecule has 3 rings (SSSR count). The zero-order valence-corrected chi connectivity index (χ0v) is 17.3. The molecule has 0 radical (unpaired) electrons. The van der Waals surface area contributed by atoms with Gasteiger partial charge in [-0.1, -0.05) is 47.6 Å². The van der Waals surface area contributed by atoms with Crippen molar-refractivity contribution in [3.8, 4) is 5.75 Å². The standard InChI is InChI=1S/C20H21ClN4O2S/c1-3-25-18(12-14-8-10-15(21)11-9-14)23-24-20(25)28-13-19(26)22-16-6-4-5-7-17(16)27-2/h4-11H,3,12-13H2,1-2H3,(H,22,26). The summed E-state index contributed by atoms with van der Waals surface area (Å²) in [6.07, 6.45) is 0.659. The van der Waals surface area contributed by atoms with Gasteiger partial charge in [-0.15, -0.1) is 10.2 Å². The molecule has 0 aliphatic rings. The molecule has 2 aromatic carbocycles. The average molecular weight is 417 g/mol. The number of nitrogens with one attached hydrogen (secondary N) is 1. The number of halogens is 1. The Morgan fingerprint density at radius 1 is 1.18 bits per heavy atom. The predicted molar refractivity (Wildman–Crippen MR) is 112 cm³/mol. The van der Waals surface area contributed by atoms with E-state index < -0.39 is 0 Å². The Hall–Kier alpha value is -2.51. The van der Waals surface area contributed by atoms with Crippen molar-refractivity contribution in [3.05, 3.63) is 64.9 Å². The lowest BCUT2D eigenvalue weighted by molar-refractivity contribution is -0.113. The maximum atomic E-state index is 12.3. The maximum absolute atomic E-state index is 12.3. The molecule has 1 heterocycles. The van der Waals surface area contributed by atoms with E-state index in [-0.39, 0.29) is 11.7 Å². The molecule has 0 spiro atoms. The summed E-state index contributed by atoms with van der Waals surface area (Å²) in [4.78, 5) is 12.3. The highest BCUT2D eigenvalue weighted by Gasteiger charge is 2.14. The van der Waals surface area contributed by atoms with Crippen LogP contribution in [0, 0.1) is 0 Å². The Morgan fingerprint density at radius 3 is 2.64 bits per heavy atom. The molecule has 0 aliphatic heterocycles. The van der Waals surface area contributed by atoms with Crippen molar-refractivity contribution in [1.29, 1.82) is 0 Å². The van der Waals surface area contributed by atoms with Crippen LogP contribution in [0.3, 0.4) is 0 Å². The minimum absolute atomic E-state index is 0.126. The molecule has 1 amide bonds. The fraction of sp³-hybridized carbons (Fsp3) is 0.250. The monoisotopic (exact) mass is 416 g/mol. The number of carbonyl (C=O) groups excluding carboxylic acids is 1. The second kappa shape index (κ2) is 9.61. The van der Waals surface area contributed by atoms with Crippen LogP contribution < -0.4 is 10.1 Å². The normalized spacial score (nSPS) is 10.7. The lowest BCUT2D eigenvalue weighted by atomic mass is 10.1. The molecular weight excluding hydrogens is 396 g/mol. The molecule has 0 aliphatic carbocycles. The van der Waals surface area contributed by atoms with Crippen LogP contribution in [0.25, 0.3) is 0 Å². The van der Waals surface area contributed by atoms with Crippen molar-refractivity contribution in [3.63, 3.8) is 0 Å². The van der Waals surface area contributed by atoms with E-state index in [9.17, 15) is 4.79 Å². The van der Waals surface area contributed by atoms with Crippen LogP contribution >= 0.6 is 23.4 Å². The molecule has 0 saturated heterocycles. The second-order valence-electron chi connectivity index (χ2n) is 5.98. The Bertz CT molecular complexity index is 944. The van der Waals surface area contributed by atoms with Crippen LogP contribution in [0.5, 0.6) is 5.75 Å². The Labute approximate surface area is 173 Å². The molecule has 146 valence electrons. The summed E-state index contributed by atoms with van der Waals surface area (Å²) in [5.74, 6) is 1.59. The topological polar surface area (TPSA) is 69.0 Å². The number of amides is 1. The highest BCUT2D eigenvalue weighted by molar-refractivity contribution is 7.99. The molecule has 28 heavy (non-hydrogen) atoms. The summed E-state index contributed by atoms with van der Waals surface area (Å²) in [6, 6.07) is 15.0. The van der Waals surface area contributed by atoms with Crippen molar-refractivity contribution in [1.82, 2.24) is 14.8 Å². The van der Waals surface area contributed by atoms with Crippen LogP contribution in [0.1, 0.15) is 18.3 Å². The molecule has 3 aromatic rings. The van der Waals surface area contributed by atoms with Gasteiger partial charge in [-0.2, -0.15) is 0 Å². The van der Waals surface area contributed by atoms with E-state index in [0.717, 1.165) is 23.1 Å². The number of benzene rings is 2. The number of nitrogens with zero attached hydrogens (tertiary/aromatic N) is 3. The van der Waals surface area contributed by atoms with Crippen molar-refractivity contribution >= 4 is 35.0 Å². The summed E-state index contributed by atoms with van der Waals surface area (Å²) in [6.45, 7) is 2.76. The van der Waals surface area contributed by atoms with Crippen LogP contribution in [-0.4, -0.2) is 33.5 Å². The molecule has 0 unspecified atom stereocenters. The van der Waals surface area contributed by atoms with E-state index in [1.807, 2.05) is 47.9 Å². The first-order chi connectivity index (χ1) is 13.6. The van der Waals surface area contributed by atoms with Crippen molar-refractivity contribution in [2.75, 3.05) is 18.2 Å². The lowest BCUT2D eigenvalue weighted by Crippen LogP contribution is -2.15. The van der Waals surface area contributed by atoms with Gasteiger partial charge < -0.3 is 14.6 Å². The first kappa shape index (κ1) is 20.2. The van der Waals surface area contributed by atoms with Gasteiger partial charge in [0.15, 0.2) is 5.16 Å². The van der Waals surface area contributed by atoms with Crippen LogP contribution in [0.2, 0.25) is 5.02 Å². The number of carbonyl (C=O) groups is 1. The van der Waals surface area contributed by atoms with E-state index in [4.69, 9.17) is 16.3 Å². The van der Waals surface area contributed by atoms with E-state index in [1.54, 1.807) is 19.2 Å². The number of para-hydroxylation sites is 2. The number of hydrogen-bond donors (Lipinski definition) is 1. The third-order valence-electron chi connectivity index (χ3n) is 4.10. The van der Waals surface area contributed by atoms with Gasteiger partial charge in [-0.3, -0.25) is 4.79 Å². The third kappa shape index (κ3) is 5.05. The molecule has 1 N–H and O–H groups in total. The number of rotatable bonds is 8. The van der Waals surface area contributed by atoms with Gasteiger partial charge in [0.05, 0.1) is 18.6 Å². The summed E-state index contributed by atoms with van der Waals surface area (Å²) in [5, 5.41) is 12.9. The largest absolute Gasteiger partial charge is 0.495 e. The van der Waals surface area contributed by atoms with E-state index in [1.165, 1.54) is 11.8 Å². The summed E-state index contributed by atoms with van der Waals surface area (Å²) < 4.78 is 7.28. The van der Waals surface area contributed by atoms with Gasteiger partial charge in [0.25, 0.3) is 0 Å². The van der Waals surface area contributed by atoms with Crippen molar-refractivity contribution in [2.24, 2.45) is 0 Å². The quantitative estimate of drug-likeness (QED) is 0.555. The smallest absolute Gasteiger partial charge is 0.234 e. The zero-order chi connectivity index (χ0) is 19.9. The number of thioether (sulfide) groups is 1. The van der Waals surface area contributed by atoms with Gasteiger partial charge in [0, 0.05) is 18.0 Å². The second-order valence-corrected chi connectivity index (χ2v) is 7.36. The van der Waals surface area contributed by atoms with E-state index in [2.05, 4.69) is 15.5 Å². The van der Waals surface area contributed by atoms with Gasteiger partial charge in [0.1, 0.15) is 11.6 Å². The molecule has 6 nitrogen and oxygen atoms in total. The Kier molecular flexibility index (Phi) is 6.95.